The molecular formula is C48H32N2S. The van der Waals surface area contributed by atoms with Gasteiger partial charge < -0.3 is 9.80 Å². The minimum atomic E-state index is 1.12. The SMILES string of the molecule is c1ccc(-c2ccc(N3c4cc(-c5ccccc5)cc(c4)N(c4ccc(-c5ccccc5)cc4)c4cccc5sc6cccc3c6c45)cc2)cc1. The minimum absolute atomic E-state index is 1.12. The van der Waals surface area contributed by atoms with Gasteiger partial charge in [0.25, 0.3) is 0 Å². The molecule has 0 saturated carbocycles. The van der Waals surface area contributed by atoms with Gasteiger partial charge in [0.15, 0.2) is 0 Å². The van der Waals surface area contributed by atoms with Crippen LogP contribution in [0.25, 0.3) is 53.6 Å². The Kier molecular flexibility index (Phi) is 7.04. The molecule has 8 aromatic carbocycles. The van der Waals surface area contributed by atoms with E-state index in [1.54, 1.807) is 0 Å². The molecule has 0 fully saturated rings. The third-order valence-corrected chi connectivity index (χ3v) is 11.1. The van der Waals surface area contributed by atoms with Gasteiger partial charge in [-0.25, -0.2) is 0 Å². The number of nitrogens with zero attached hydrogens (tertiary/aromatic N) is 2. The molecule has 2 heterocycles. The van der Waals surface area contributed by atoms with Crippen molar-refractivity contribution in [3.05, 3.63) is 194 Å². The first-order valence-corrected chi connectivity index (χ1v) is 18.2. The van der Waals surface area contributed by atoms with Gasteiger partial charge in [-0.15, -0.1) is 11.3 Å². The summed E-state index contributed by atoms with van der Waals surface area (Å²) >= 11 is 1.87. The van der Waals surface area contributed by atoms with Gasteiger partial charge in [-0.3, -0.25) is 0 Å². The molecule has 0 saturated heterocycles. The molecule has 0 amide bonds. The van der Waals surface area contributed by atoms with Crippen molar-refractivity contribution < 1.29 is 0 Å². The molecule has 2 bridgehead atoms. The van der Waals surface area contributed by atoms with E-state index >= 15 is 0 Å². The van der Waals surface area contributed by atoms with Gasteiger partial charge in [-0.2, -0.15) is 0 Å². The zero-order valence-corrected chi connectivity index (χ0v) is 28.6. The largest absolute Gasteiger partial charge is 0.310 e. The van der Waals surface area contributed by atoms with Crippen molar-refractivity contribution in [2.45, 2.75) is 0 Å². The Morgan fingerprint density at radius 1 is 0.275 bits per heavy atom. The topological polar surface area (TPSA) is 6.48 Å². The number of benzene rings is 8. The highest BCUT2D eigenvalue weighted by molar-refractivity contribution is 7.26. The van der Waals surface area contributed by atoms with Crippen LogP contribution in [0.2, 0.25) is 0 Å². The smallest absolute Gasteiger partial charge is 0.0555 e. The molecule has 1 aliphatic rings. The van der Waals surface area contributed by atoms with Gasteiger partial charge in [-0.05, 0) is 100 Å². The molecule has 0 atom stereocenters. The van der Waals surface area contributed by atoms with Gasteiger partial charge >= 0.3 is 0 Å². The van der Waals surface area contributed by atoms with E-state index in [0.29, 0.717) is 0 Å². The number of hydrogen-bond donors (Lipinski definition) is 0. The Balaban J connectivity index is 1.26. The molecule has 0 spiro atoms. The van der Waals surface area contributed by atoms with Gasteiger partial charge in [0.1, 0.15) is 0 Å². The number of hydrogen-bond acceptors (Lipinski definition) is 3. The Bertz CT molecular complexity index is 2500. The van der Waals surface area contributed by atoms with Crippen LogP contribution >= 0.6 is 11.3 Å². The van der Waals surface area contributed by atoms with Crippen LogP contribution in [0.4, 0.5) is 34.1 Å². The Morgan fingerprint density at radius 3 is 1.06 bits per heavy atom. The lowest BCUT2D eigenvalue weighted by molar-refractivity contribution is 1.27. The first kappa shape index (κ1) is 29.5. The number of rotatable bonds is 5. The molecular weight excluding hydrogens is 637 g/mol. The summed E-state index contributed by atoms with van der Waals surface area (Å²) in [4.78, 5) is 4.91. The van der Waals surface area contributed by atoms with Gasteiger partial charge in [0.2, 0.25) is 0 Å². The van der Waals surface area contributed by atoms with E-state index in [4.69, 9.17) is 0 Å². The van der Waals surface area contributed by atoms with Crippen molar-refractivity contribution >= 4 is 65.6 Å². The predicted molar refractivity (Wildman–Crippen MR) is 219 cm³/mol. The molecule has 51 heavy (non-hydrogen) atoms. The highest BCUT2D eigenvalue weighted by Gasteiger charge is 2.26. The average molecular weight is 669 g/mol. The lowest BCUT2D eigenvalue weighted by atomic mass is 10.0. The normalized spacial score (nSPS) is 12.2. The lowest BCUT2D eigenvalue weighted by Crippen LogP contribution is -2.12. The molecule has 1 aromatic heterocycles. The Labute approximate surface area is 301 Å². The second kappa shape index (κ2) is 12.2. The van der Waals surface area contributed by atoms with E-state index in [1.165, 1.54) is 64.9 Å². The molecule has 3 heteroatoms. The monoisotopic (exact) mass is 668 g/mol. The van der Waals surface area contributed by atoms with Crippen LogP contribution < -0.4 is 9.80 Å². The van der Waals surface area contributed by atoms with Crippen LogP contribution in [-0.4, -0.2) is 0 Å². The molecule has 0 N–H and O–H groups in total. The van der Waals surface area contributed by atoms with E-state index in [-0.39, 0.29) is 0 Å². The predicted octanol–water partition coefficient (Wildman–Crippen LogP) is 14.3. The fourth-order valence-electron chi connectivity index (χ4n) is 7.58. The van der Waals surface area contributed by atoms with Crippen LogP contribution in [0.3, 0.4) is 0 Å². The van der Waals surface area contributed by atoms with Gasteiger partial charge in [0, 0.05) is 42.9 Å². The minimum Gasteiger partial charge on any atom is -0.310 e. The van der Waals surface area contributed by atoms with E-state index in [2.05, 4.69) is 204 Å². The van der Waals surface area contributed by atoms with Crippen molar-refractivity contribution in [2.24, 2.45) is 0 Å². The lowest BCUT2D eigenvalue weighted by Gasteiger charge is -2.29. The molecule has 9 aromatic rings. The van der Waals surface area contributed by atoms with E-state index in [0.717, 1.165) is 22.7 Å². The van der Waals surface area contributed by atoms with E-state index in [9.17, 15) is 0 Å². The molecule has 240 valence electrons. The maximum absolute atomic E-state index is 2.46. The number of thiophene rings is 1. The summed E-state index contributed by atoms with van der Waals surface area (Å²) in [5, 5.41) is 2.55. The molecule has 1 aliphatic heterocycles. The van der Waals surface area contributed by atoms with Crippen LogP contribution in [0.1, 0.15) is 0 Å². The summed E-state index contributed by atoms with van der Waals surface area (Å²) in [6, 6.07) is 70.6. The van der Waals surface area contributed by atoms with Crippen molar-refractivity contribution in [3.8, 4) is 33.4 Å². The summed E-state index contributed by atoms with van der Waals surface area (Å²) in [6.45, 7) is 0. The summed E-state index contributed by atoms with van der Waals surface area (Å²) < 4.78 is 2.55. The molecule has 0 unspecified atom stereocenters. The first-order valence-electron chi connectivity index (χ1n) is 17.3. The van der Waals surface area contributed by atoms with Crippen molar-refractivity contribution in [1.82, 2.24) is 0 Å². The number of fused-ring (bicyclic) bond motifs is 2. The third-order valence-electron chi connectivity index (χ3n) is 9.95. The zero-order valence-electron chi connectivity index (χ0n) is 27.8. The highest BCUT2D eigenvalue weighted by atomic mass is 32.1. The average Bonchev–Trinajstić information content (AvgIpc) is 3.61. The Hall–Kier alpha value is -6.42. The molecule has 0 aliphatic carbocycles. The highest BCUT2D eigenvalue weighted by Crippen LogP contribution is 2.53. The van der Waals surface area contributed by atoms with Crippen molar-refractivity contribution in [2.75, 3.05) is 9.80 Å². The van der Waals surface area contributed by atoms with E-state index < -0.39 is 0 Å². The van der Waals surface area contributed by atoms with Crippen LogP contribution in [0.15, 0.2) is 194 Å². The standard InChI is InChI=1S/C48H32N2S/c1-4-12-33(13-5-1)36-22-26-39(27-23-36)49-41-30-38(35-16-8-3-9-17-35)31-42(32-41)50(40-28-24-37(25-29-40)34-14-6-2-7-15-34)44-19-11-21-46-48(44)47-43(49)18-10-20-45(47)51-46/h1-32H. The molecule has 0 radical (unpaired) electrons. The van der Waals surface area contributed by atoms with Gasteiger partial charge in [-0.1, -0.05) is 127 Å². The summed E-state index contributed by atoms with van der Waals surface area (Å²) in [7, 11) is 0. The first-order chi connectivity index (χ1) is 25.3. The fourth-order valence-corrected chi connectivity index (χ4v) is 8.72. The maximum atomic E-state index is 2.46. The third kappa shape index (κ3) is 5.10. The van der Waals surface area contributed by atoms with Crippen LogP contribution in [-0.2, 0) is 0 Å². The summed E-state index contributed by atoms with van der Waals surface area (Å²) in [6.07, 6.45) is 0. The second-order valence-electron chi connectivity index (χ2n) is 13.0. The maximum Gasteiger partial charge on any atom is 0.0555 e. The summed E-state index contributed by atoms with van der Waals surface area (Å²) in [5.41, 5.74) is 14.0. The Morgan fingerprint density at radius 2 is 0.647 bits per heavy atom. The summed E-state index contributed by atoms with van der Waals surface area (Å²) in [5.74, 6) is 0. The molecule has 2 nitrogen and oxygen atoms in total. The van der Waals surface area contributed by atoms with Crippen molar-refractivity contribution in [1.29, 1.82) is 0 Å². The van der Waals surface area contributed by atoms with Gasteiger partial charge in [0.05, 0.1) is 11.4 Å². The van der Waals surface area contributed by atoms with E-state index in [1.807, 2.05) is 11.3 Å². The zero-order chi connectivity index (χ0) is 33.7. The number of anilines is 6. The van der Waals surface area contributed by atoms with Crippen LogP contribution in [0.5, 0.6) is 0 Å². The fraction of sp³-hybridized carbons (Fsp3) is 0. The quantitative estimate of drug-likeness (QED) is 0.180. The van der Waals surface area contributed by atoms with Crippen molar-refractivity contribution in [3.63, 3.8) is 0 Å². The second-order valence-corrected chi connectivity index (χ2v) is 14.1. The molecule has 10 rings (SSSR count). The van der Waals surface area contributed by atoms with Crippen LogP contribution in [0, 0.1) is 0 Å².